The maximum Gasteiger partial charge on any atom is 0.165 e. The van der Waals surface area contributed by atoms with Gasteiger partial charge in [-0.2, -0.15) is 5.26 Å². The molecule has 0 amide bonds. The Morgan fingerprint density at radius 2 is 2.00 bits per heavy atom. The van der Waals surface area contributed by atoms with E-state index in [2.05, 4.69) is 41.5 Å². The standard InChI is InChI=1S/C16H18N4/c1-12(13-5-3-2-4-6-13)9-10-19-16-8-7-14(18)15(11-17)20-16/h2-8,12H,9-10,18H2,1H3,(H,19,20). The van der Waals surface area contributed by atoms with Crippen LogP contribution in [0.1, 0.15) is 30.5 Å². The summed E-state index contributed by atoms with van der Waals surface area (Å²) in [5.41, 5.74) is 7.65. The highest BCUT2D eigenvalue weighted by atomic mass is 15.0. The van der Waals surface area contributed by atoms with Crippen molar-refractivity contribution in [3.8, 4) is 6.07 Å². The molecule has 0 aliphatic rings. The zero-order valence-corrected chi connectivity index (χ0v) is 11.5. The Balaban J connectivity index is 1.89. The van der Waals surface area contributed by atoms with Gasteiger partial charge < -0.3 is 11.1 Å². The monoisotopic (exact) mass is 266 g/mol. The van der Waals surface area contributed by atoms with E-state index < -0.39 is 0 Å². The van der Waals surface area contributed by atoms with Gasteiger partial charge in [-0.15, -0.1) is 0 Å². The van der Waals surface area contributed by atoms with E-state index in [1.54, 1.807) is 12.1 Å². The fourth-order valence-corrected chi connectivity index (χ4v) is 2.02. The first kappa shape index (κ1) is 13.9. The summed E-state index contributed by atoms with van der Waals surface area (Å²) in [5, 5.41) is 12.1. The summed E-state index contributed by atoms with van der Waals surface area (Å²) >= 11 is 0. The first-order valence-corrected chi connectivity index (χ1v) is 6.66. The number of nitriles is 1. The molecule has 20 heavy (non-hydrogen) atoms. The Hall–Kier alpha value is -2.54. The molecule has 3 N–H and O–H groups in total. The molecule has 1 aromatic carbocycles. The molecule has 1 atom stereocenters. The van der Waals surface area contributed by atoms with Crippen LogP contribution in [0.3, 0.4) is 0 Å². The van der Waals surface area contributed by atoms with Crippen molar-refractivity contribution in [1.29, 1.82) is 5.26 Å². The predicted octanol–water partition coefficient (Wildman–Crippen LogP) is 3.14. The lowest BCUT2D eigenvalue weighted by atomic mass is 9.98. The number of benzene rings is 1. The molecule has 0 aliphatic heterocycles. The van der Waals surface area contributed by atoms with Crippen LogP contribution in [0.25, 0.3) is 0 Å². The number of aromatic nitrogens is 1. The van der Waals surface area contributed by atoms with Crippen LogP contribution in [0, 0.1) is 11.3 Å². The Bertz CT molecular complexity index is 602. The topological polar surface area (TPSA) is 74.7 Å². The summed E-state index contributed by atoms with van der Waals surface area (Å²) in [5.74, 6) is 1.17. The van der Waals surface area contributed by atoms with Crippen molar-refractivity contribution in [3.05, 3.63) is 53.7 Å². The summed E-state index contributed by atoms with van der Waals surface area (Å²) in [6, 6.07) is 15.9. The van der Waals surface area contributed by atoms with Crippen molar-refractivity contribution < 1.29 is 0 Å². The van der Waals surface area contributed by atoms with E-state index in [0.717, 1.165) is 13.0 Å². The van der Waals surface area contributed by atoms with Crippen molar-refractivity contribution in [2.24, 2.45) is 0 Å². The van der Waals surface area contributed by atoms with E-state index in [-0.39, 0.29) is 5.69 Å². The molecular weight excluding hydrogens is 248 g/mol. The van der Waals surface area contributed by atoms with E-state index in [1.165, 1.54) is 5.56 Å². The molecule has 0 bridgehead atoms. The minimum absolute atomic E-state index is 0.270. The van der Waals surface area contributed by atoms with Gasteiger partial charge in [-0.25, -0.2) is 4.98 Å². The van der Waals surface area contributed by atoms with E-state index in [4.69, 9.17) is 11.0 Å². The van der Waals surface area contributed by atoms with Crippen molar-refractivity contribution in [2.75, 3.05) is 17.6 Å². The van der Waals surface area contributed by atoms with E-state index in [9.17, 15) is 0 Å². The number of rotatable bonds is 5. The Morgan fingerprint density at radius 1 is 1.25 bits per heavy atom. The van der Waals surface area contributed by atoms with Crippen molar-refractivity contribution in [3.63, 3.8) is 0 Å². The molecular formula is C16H18N4. The first-order valence-electron chi connectivity index (χ1n) is 6.66. The lowest BCUT2D eigenvalue weighted by Gasteiger charge is -2.13. The minimum Gasteiger partial charge on any atom is -0.396 e. The Kier molecular flexibility index (Phi) is 4.56. The molecule has 0 aliphatic carbocycles. The second-order valence-electron chi connectivity index (χ2n) is 4.77. The second kappa shape index (κ2) is 6.58. The molecule has 2 aromatic rings. The number of anilines is 2. The number of nitrogens with zero attached hydrogens (tertiary/aromatic N) is 2. The zero-order valence-electron chi connectivity index (χ0n) is 11.5. The van der Waals surface area contributed by atoms with Crippen LogP contribution < -0.4 is 11.1 Å². The van der Waals surface area contributed by atoms with Crippen LogP contribution in [-0.2, 0) is 0 Å². The van der Waals surface area contributed by atoms with Crippen LogP contribution in [0.15, 0.2) is 42.5 Å². The molecule has 1 heterocycles. The molecule has 0 saturated carbocycles. The predicted molar refractivity (Wildman–Crippen MR) is 81.3 cm³/mol. The SMILES string of the molecule is CC(CCNc1ccc(N)c(C#N)n1)c1ccccc1. The van der Waals surface area contributed by atoms with E-state index >= 15 is 0 Å². The average Bonchev–Trinajstić information content (AvgIpc) is 2.49. The van der Waals surface area contributed by atoms with Crippen LogP contribution >= 0.6 is 0 Å². The average molecular weight is 266 g/mol. The first-order chi connectivity index (χ1) is 9.70. The van der Waals surface area contributed by atoms with Gasteiger partial charge in [0.25, 0.3) is 0 Å². The van der Waals surface area contributed by atoms with E-state index in [0.29, 0.717) is 17.4 Å². The Morgan fingerprint density at radius 3 is 2.70 bits per heavy atom. The molecule has 4 heteroatoms. The van der Waals surface area contributed by atoms with Crippen LogP contribution in [0.2, 0.25) is 0 Å². The number of pyridine rings is 1. The number of hydrogen-bond donors (Lipinski definition) is 2. The number of nitrogen functional groups attached to an aromatic ring is 1. The van der Waals surface area contributed by atoms with E-state index in [1.807, 2.05) is 12.1 Å². The molecule has 102 valence electrons. The van der Waals surface area contributed by atoms with Gasteiger partial charge in [0.1, 0.15) is 11.9 Å². The summed E-state index contributed by atoms with van der Waals surface area (Å²) in [6.45, 7) is 3.01. The van der Waals surface area contributed by atoms with Gasteiger partial charge in [0.05, 0.1) is 5.69 Å². The maximum atomic E-state index is 8.88. The highest BCUT2D eigenvalue weighted by Crippen LogP contribution is 2.18. The molecule has 1 unspecified atom stereocenters. The lowest BCUT2D eigenvalue weighted by Crippen LogP contribution is -2.08. The van der Waals surface area contributed by atoms with Crippen molar-refractivity contribution >= 4 is 11.5 Å². The van der Waals surface area contributed by atoms with Gasteiger partial charge in [-0.3, -0.25) is 0 Å². The fourth-order valence-electron chi connectivity index (χ4n) is 2.02. The molecule has 0 saturated heterocycles. The van der Waals surface area contributed by atoms with Gasteiger partial charge in [-0.05, 0) is 30.0 Å². The molecule has 4 nitrogen and oxygen atoms in total. The number of hydrogen-bond acceptors (Lipinski definition) is 4. The zero-order chi connectivity index (χ0) is 14.4. The summed E-state index contributed by atoms with van der Waals surface area (Å²) in [4.78, 5) is 4.16. The van der Waals surface area contributed by atoms with Gasteiger partial charge in [0.15, 0.2) is 5.69 Å². The smallest absolute Gasteiger partial charge is 0.165 e. The minimum atomic E-state index is 0.270. The maximum absolute atomic E-state index is 8.88. The molecule has 2 rings (SSSR count). The molecule has 1 aromatic heterocycles. The molecule has 0 spiro atoms. The van der Waals surface area contributed by atoms with Crippen molar-refractivity contribution in [1.82, 2.24) is 4.98 Å². The largest absolute Gasteiger partial charge is 0.396 e. The van der Waals surface area contributed by atoms with Gasteiger partial charge in [0.2, 0.25) is 0 Å². The van der Waals surface area contributed by atoms with Crippen LogP contribution in [0.4, 0.5) is 11.5 Å². The second-order valence-corrected chi connectivity index (χ2v) is 4.77. The normalized spacial score (nSPS) is 11.6. The highest BCUT2D eigenvalue weighted by Gasteiger charge is 2.05. The third kappa shape index (κ3) is 3.48. The molecule has 0 fully saturated rings. The number of nitrogens with two attached hydrogens (primary N) is 1. The summed E-state index contributed by atoms with van der Waals surface area (Å²) in [7, 11) is 0. The van der Waals surface area contributed by atoms with Gasteiger partial charge in [-0.1, -0.05) is 37.3 Å². The number of nitrogens with one attached hydrogen (secondary N) is 1. The van der Waals surface area contributed by atoms with Crippen LogP contribution in [0.5, 0.6) is 0 Å². The van der Waals surface area contributed by atoms with Crippen LogP contribution in [-0.4, -0.2) is 11.5 Å². The summed E-state index contributed by atoms with van der Waals surface area (Å²) in [6.07, 6.45) is 0.998. The quantitative estimate of drug-likeness (QED) is 0.871. The Labute approximate surface area is 119 Å². The highest BCUT2D eigenvalue weighted by molar-refractivity contribution is 5.54. The summed E-state index contributed by atoms with van der Waals surface area (Å²) < 4.78 is 0. The lowest BCUT2D eigenvalue weighted by molar-refractivity contribution is 0.705. The van der Waals surface area contributed by atoms with Gasteiger partial charge in [0, 0.05) is 6.54 Å². The van der Waals surface area contributed by atoms with Crippen molar-refractivity contribution in [2.45, 2.75) is 19.3 Å². The fraction of sp³-hybridized carbons (Fsp3) is 0.250. The third-order valence-electron chi connectivity index (χ3n) is 3.28. The van der Waals surface area contributed by atoms with Gasteiger partial charge >= 0.3 is 0 Å². The third-order valence-corrected chi connectivity index (χ3v) is 3.28. The molecule has 0 radical (unpaired) electrons.